The molecular formula is C23H23N5O. The Hall–Kier alpha value is -3.15. The molecule has 2 aliphatic rings. The molecule has 0 saturated carbocycles. The van der Waals surface area contributed by atoms with Crippen LogP contribution in [0.3, 0.4) is 0 Å². The van der Waals surface area contributed by atoms with Gasteiger partial charge in [0.2, 0.25) is 0 Å². The lowest BCUT2D eigenvalue weighted by molar-refractivity contribution is 0.206. The standard InChI is InChI=1S/C23H23N5O/c1-23-11-15-13-25-29-20(15)10-17(23)8-9-19-21(23)26-22(16-12-24-27(2)14-16)28(19)18-6-4-3-5-7-18/h3-7,12-14,17H,8-11H2,1-2H3/t17?,23-/m0/s1. The molecule has 29 heavy (non-hydrogen) atoms. The summed E-state index contributed by atoms with van der Waals surface area (Å²) < 4.78 is 9.71. The second-order valence-corrected chi connectivity index (χ2v) is 8.61. The van der Waals surface area contributed by atoms with Gasteiger partial charge in [-0.25, -0.2) is 4.98 Å². The Morgan fingerprint density at radius 2 is 2.03 bits per heavy atom. The topological polar surface area (TPSA) is 61.7 Å². The van der Waals surface area contributed by atoms with Crippen LogP contribution >= 0.6 is 0 Å². The Labute approximate surface area is 169 Å². The molecule has 3 heterocycles. The van der Waals surface area contributed by atoms with Gasteiger partial charge < -0.3 is 4.52 Å². The normalized spacial score (nSPS) is 22.8. The van der Waals surface area contributed by atoms with E-state index >= 15 is 0 Å². The number of rotatable bonds is 2. The fraction of sp³-hybridized carbons (Fsp3) is 0.348. The molecule has 0 N–H and O–H groups in total. The van der Waals surface area contributed by atoms with E-state index in [4.69, 9.17) is 9.51 Å². The molecule has 2 aliphatic carbocycles. The van der Waals surface area contributed by atoms with Crippen molar-refractivity contribution in [2.24, 2.45) is 13.0 Å². The van der Waals surface area contributed by atoms with E-state index in [1.165, 1.54) is 17.0 Å². The molecule has 2 atom stereocenters. The SMILES string of the molecule is Cn1cc(-c2nc3c(n2-c2ccccc2)CCC2Cc4oncc4C[C@]32C)cn1. The summed E-state index contributed by atoms with van der Waals surface area (Å²) in [6, 6.07) is 10.6. The molecule has 1 unspecified atom stereocenters. The molecule has 0 spiro atoms. The first kappa shape index (κ1) is 16.8. The lowest BCUT2D eigenvalue weighted by Gasteiger charge is -2.43. The maximum atomic E-state index is 5.52. The molecule has 0 radical (unpaired) electrons. The number of para-hydroxylation sites is 1. The molecule has 1 aromatic carbocycles. The van der Waals surface area contributed by atoms with Gasteiger partial charge in [-0.2, -0.15) is 5.10 Å². The number of benzene rings is 1. The third kappa shape index (κ3) is 2.38. The highest BCUT2D eigenvalue weighted by atomic mass is 16.5. The first-order valence-electron chi connectivity index (χ1n) is 10.2. The quantitative estimate of drug-likeness (QED) is 0.525. The third-order valence-corrected chi connectivity index (χ3v) is 6.84. The van der Waals surface area contributed by atoms with E-state index in [-0.39, 0.29) is 5.41 Å². The average Bonchev–Trinajstić information content (AvgIpc) is 3.44. The van der Waals surface area contributed by atoms with Crippen LogP contribution < -0.4 is 0 Å². The predicted molar refractivity (Wildman–Crippen MR) is 109 cm³/mol. The second kappa shape index (κ2) is 5.92. The van der Waals surface area contributed by atoms with Crippen LogP contribution in [0.2, 0.25) is 0 Å². The molecular weight excluding hydrogens is 362 g/mol. The Kier molecular flexibility index (Phi) is 3.43. The van der Waals surface area contributed by atoms with Crippen molar-refractivity contribution < 1.29 is 4.52 Å². The van der Waals surface area contributed by atoms with Gasteiger partial charge in [-0.3, -0.25) is 9.25 Å². The number of aromatic nitrogens is 5. The van der Waals surface area contributed by atoms with Crippen molar-refractivity contribution in [3.8, 4) is 17.1 Å². The van der Waals surface area contributed by atoms with Gasteiger partial charge in [0, 0.05) is 42.0 Å². The molecule has 0 fully saturated rings. The third-order valence-electron chi connectivity index (χ3n) is 6.84. The minimum atomic E-state index is -0.0108. The van der Waals surface area contributed by atoms with Gasteiger partial charge in [0.1, 0.15) is 11.6 Å². The largest absolute Gasteiger partial charge is 0.361 e. The van der Waals surface area contributed by atoms with Gasteiger partial charge in [-0.1, -0.05) is 30.3 Å². The van der Waals surface area contributed by atoms with Crippen LogP contribution in [0.4, 0.5) is 0 Å². The summed E-state index contributed by atoms with van der Waals surface area (Å²) in [5, 5.41) is 8.46. The van der Waals surface area contributed by atoms with Gasteiger partial charge >= 0.3 is 0 Å². The summed E-state index contributed by atoms with van der Waals surface area (Å²) in [5.74, 6) is 2.56. The summed E-state index contributed by atoms with van der Waals surface area (Å²) in [6.07, 6.45) is 9.88. The maximum absolute atomic E-state index is 5.52. The minimum Gasteiger partial charge on any atom is -0.361 e. The van der Waals surface area contributed by atoms with Crippen molar-refractivity contribution in [2.45, 2.75) is 38.0 Å². The molecule has 0 saturated heterocycles. The van der Waals surface area contributed by atoms with E-state index < -0.39 is 0 Å². The number of fused-ring (bicyclic) bond motifs is 4. The Morgan fingerprint density at radius 3 is 2.83 bits per heavy atom. The van der Waals surface area contributed by atoms with E-state index in [2.05, 4.69) is 52.1 Å². The molecule has 0 amide bonds. The molecule has 6 heteroatoms. The van der Waals surface area contributed by atoms with Gasteiger partial charge in [0.25, 0.3) is 0 Å². The van der Waals surface area contributed by atoms with Crippen molar-refractivity contribution >= 4 is 0 Å². The van der Waals surface area contributed by atoms with Gasteiger partial charge in [-0.05, 0) is 37.3 Å². The van der Waals surface area contributed by atoms with E-state index in [0.29, 0.717) is 5.92 Å². The van der Waals surface area contributed by atoms with Crippen LogP contribution in [-0.4, -0.2) is 24.5 Å². The molecule has 4 aromatic rings. The Balaban J connectivity index is 1.59. The number of aryl methyl sites for hydroxylation is 1. The highest BCUT2D eigenvalue weighted by molar-refractivity contribution is 5.60. The predicted octanol–water partition coefficient (Wildman–Crippen LogP) is 3.88. The average molecular weight is 385 g/mol. The lowest BCUT2D eigenvalue weighted by atomic mass is 9.61. The molecule has 146 valence electrons. The van der Waals surface area contributed by atoms with Crippen molar-refractivity contribution in [2.75, 3.05) is 0 Å². The first-order valence-corrected chi connectivity index (χ1v) is 10.2. The molecule has 6 nitrogen and oxygen atoms in total. The lowest BCUT2D eigenvalue weighted by Crippen LogP contribution is -2.43. The van der Waals surface area contributed by atoms with E-state index in [1.807, 2.05) is 30.3 Å². The summed E-state index contributed by atoms with van der Waals surface area (Å²) in [4.78, 5) is 5.28. The smallest absolute Gasteiger partial charge is 0.148 e. The second-order valence-electron chi connectivity index (χ2n) is 8.61. The number of hydrogen-bond donors (Lipinski definition) is 0. The van der Waals surface area contributed by atoms with Crippen LogP contribution in [0.5, 0.6) is 0 Å². The number of hydrogen-bond acceptors (Lipinski definition) is 4. The van der Waals surface area contributed by atoms with Crippen molar-refractivity contribution in [1.29, 1.82) is 0 Å². The molecule has 0 bridgehead atoms. The maximum Gasteiger partial charge on any atom is 0.148 e. The highest BCUT2D eigenvalue weighted by Crippen LogP contribution is 2.49. The summed E-state index contributed by atoms with van der Waals surface area (Å²) >= 11 is 0. The van der Waals surface area contributed by atoms with Crippen LogP contribution in [0, 0.1) is 5.92 Å². The summed E-state index contributed by atoms with van der Waals surface area (Å²) in [5.41, 5.74) is 5.98. The summed E-state index contributed by atoms with van der Waals surface area (Å²) in [7, 11) is 1.95. The van der Waals surface area contributed by atoms with Crippen LogP contribution in [0.1, 0.15) is 36.1 Å². The minimum absolute atomic E-state index is 0.0108. The van der Waals surface area contributed by atoms with Crippen molar-refractivity contribution in [3.63, 3.8) is 0 Å². The Morgan fingerprint density at radius 1 is 1.17 bits per heavy atom. The summed E-state index contributed by atoms with van der Waals surface area (Å²) in [6.45, 7) is 2.38. The van der Waals surface area contributed by atoms with Crippen LogP contribution in [-0.2, 0) is 31.7 Å². The fourth-order valence-corrected chi connectivity index (χ4v) is 5.32. The monoisotopic (exact) mass is 385 g/mol. The zero-order valence-corrected chi connectivity index (χ0v) is 16.7. The van der Waals surface area contributed by atoms with Gasteiger partial charge in [0.15, 0.2) is 0 Å². The Bertz CT molecular complexity index is 1200. The number of nitrogens with zero attached hydrogens (tertiary/aromatic N) is 5. The van der Waals surface area contributed by atoms with Crippen LogP contribution in [0.15, 0.2) is 53.4 Å². The number of imidazole rings is 1. The zero-order valence-electron chi connectivity index (χ0n) is 16.7. The van der Waals surface area contributed by atoms with Gasteiger partial charge in [0.05, 0.1) is 23.7 Å². The molecule has 0 aliphatic heterocycles. The first-order chi connectivity index (χ1) is 14.1. The van der Waals surface area contributed by atoms with Gasteiger partial charge in [-0.15, -0.1) is 0 Å². The van der Waals surface area contributed by atoms with Crippen molar-refractivity contribution in [1.82, 2.24) is 24.5 Å². The van der Waals surface area contributed by atoms with Crippen LogP contribution in [0.25, 0.3) is 17.1 Å². The van der Waals surface area contributed by atoms with E-state index in [1.54, 1.807) is 0 Å². The van der Waals surface area contributed by atoms with Crippen molar-refractivity contribution in [3.05, 3.63) is 71.6 Å². The molecule has 6 rings (SSSR count). The zero-order chi connectivity index (χ0) is 19.6. The van der Waals surface area contributed by atoms with E-state index in [0.717, 1.165) is 48.5 Å². The molecule has 3 aromatic heterocycles. The fourth-order valence-electron chi connectivity index (χ4n) is 5.32. The van der Waals surface area contributed by atoms with E-state index in [9.17, 15) is 0 Å². The highest BCUT2D eigenvalue weighted by Gasteiger charge is 2.48.